The summed E-state index contributed by atoms with van der Waals surface area (Å²) in [6, 6.07) is 8.27. The molecule has 0 aliphatic carbocycles. The number of halogens is 1. The van der Waals surface area contributed by atoms with Crippen LogP contribution in [0.25, 0.3) is 0 Å². The van der Waals surface area contributed by atoms with Gasteiger partial charge in [-0.2, -0.15) is 11.8 Å². The second-order valence-electron chi connectivity index (χ2n) is 4.74. The molecule has 3 nitrogen and oxygen atoms in total. The molecule has 2 atom stereocenters. The molecule has 0 saturated carbocycles. The first-order valence-electron chi connectivity index (χ1n) is 6.18. The predicted octanol–water partition coefficient (Wildman–Crippen LogP) is 2.60. The zero-order valence-electron chi connectivity index (χ0n) is 10.1. The molecule has 1 aromatic rings. The molecule has 2 unspecified atom stereocenters. The number of rotatable bonds is 2. The van der Waals surface area contributed by atoms with Crippen molar-refractivity contribution in [3.8, 4) is 0 Å². The topological polar surface area (TPSA) is 41.6 Å². The third kappa shape index (κ3) is 2.19. The molecule has 2 aliphatic heterocycles. The van der Waals surface area contributed by atoms with E-state index in [1.54, 1.807) is 0 Å². The number of thioether (sulfide) groups is 1. The molecule has 18 heavy (non-hydrogen) atoms. The molecule has 1 saturated heterocycles. The summed E-state index contributed by atoms with van der Waals surface area (Å²) in [6.45, 7) is 0.819. The van der Waals surface area contributed by atoms with Crippen molar-refractivity contribution in [1.29, 1.82) is 0 Å². The molecular formula is C13H16ClN3S. The molecule has 1 fully saturated rings. The van der Waals surface area contributed by atoms with Crippen LogP contribution in [0, 0.1) is 5.92 Å². The molecule has 0 bridgehead atoms. The fourth-order valence-corrected chi connectivity index (χ4v) is 4.11. The summed E-state index contributed by atoms with van der Waals surface area (Å²) in [5.74, 6) is 3.81. The first kappa shape index (κ1) is 12.2. The van der Waals surface area contributed by atoms with Gasteiger partial charge in [0, 0.05) is 10.7 Å². The summed E-state index contributed by atoms with van der Waals surface area (Å²) in [5.41, 5.74) is 7.14. The standard InChI is InChI=1S/C13H16ClN3S/c14-10-1-3-11(4-2-10)17-12(7-16-13(17)15)9-5-6-18-8-9/h1-4,9,12H,5-8H2,(H2,15,16). The largest absolute Gasteiger partial charge is 0.370 e. The van der Waals surface area contributed by atoms with Gasteiger partial charge in [0.05, 0.1) is 12.6 Å². The summed E-state index contributed by atoms with van der Waals surface area (Å²) in [4.78, 5) is 6.59. The molecule has 96 valence electrons. The predicted molar refractivity (Wildman–Crippen MR) is 79.6 cm³/mol. The maximum atomic E-state index is 6.04. The van der Waals surface area contributed by atoms with Crippen LogP contribution in [0.5, 0.6) is 0 Å². The van der Waals surface area contributed by atoms with Gasteiger partial charge in [-0.15, -0.1) is 0 Å². The SMILES string of the molecule is NC1=NCC(C2CCSC2)N1c1ccc(Cl)cc1. The minimum absolute atomic E-state index is 0.418. The summed E-state index contributed by atoms with van der Waals surface area (Å²) in [7, 11) is 0. The second-order valence-corrected chi connectivity index (χ2v) is 6.32. The van der Waals surface area contributed by atoms with E-state index >= 15 is 0 Å². The van der Waals surface area contributed by atoms with E-state index in [1.165, 1.54) is 17.9 Å². The highest BCUT2D eigenvalue weighted by Crippen LogP contribution is 2.33. The van der Waals surface area contributed by atoms with Crippen molar-refractivity contribution in [3.63, 3.8) is 0 Å². The Labute approximate surface area is 116 Å². The molecule has 0 radical (unpaired) electrons. The number of anilines is 1. The van der Waals surface area contributed by atoms with Crippen LogP contribution < -0.4 is 10.6 Å². The van der Waals surface area contributed by atoms with Crippen LogP contribution in [0.4, 0.5) is 5.69 Å². The van der Waals surface area contributed by atoms with Crippen molar-refractivity contribution in [2.24, 2.45) is 16.6 Å². The number of guanidine groups is 1. The lowest BCUT2D eigenvalue weighted by atomic mass is 9.98. The van der Waals surface area contributed by atoms with Crippen LogP contribution in [0.3, 0.4) is 0 Å². The zero-order chi connectivity index (χ0) is 12.5. The molecule has 5 heteroatoms. The highest BCUT2D eigenvalue weighted by atomic mass is 35.5. The number of hydrogen-bond acceptors (Lipinski definition) is 4. The van der Waals surface area contributed by atoms with E-state index in [1.807, 2.05) is 36.0 Å². The lowest BCUT2D eigenvalue weighted by Gasteiger charge is -2.30. The highest BCUT2D eigenvalue weighted by Gasteiger charge is 2.35. The fraction of sp³-hybridized carbons (Fsp3) is 0.462. The Kier molecular flexibility index (Phi) is 3.39. The van der Waals surface area contributed by atoms with Crippen molar-refractivity contribution >= 4 is 35.0 Å². The van der Waals surface area contributed by atoms with Gasteiger partial charge in [-0.1, -0.05) is 11.6 Å². The molecule has 0 aromatic heterocycles. The van der Waals surface area contributed by atoms with E-state index in [2.05, 4.69) is 9.89 Å². The Morgan fingerprint density at radius 2 is 2.11 bits per heavy atom. The zero-order valence-corrected chi connectivity index (χ0v) is 11.6. The van der Waals surface area contributed by atoms with Gasteiger partial charge >= 0.3 is 0 Å². The Bertz CT molecular complexity index is 454. The van der Waals surface area contributed by atoms with Crippen LogP contribution in [0.1, 0.15) is 6.42 Å². The van der Waals surface area contributed by atoms with Gasteiger partial charge in [0.15, 0.2) is 5.96 Å². The number of benzene rings is 1. The normalized spacial score (nSPS) is 27.6. The number of hydrogen-bond donors (Lipinski definition) is 1. The first-order chi connectivity index (χ1) is 8.75. The molecule has 1 aromatic carbocycles. The van der Waals surface area contributed by atoms with E-state index in [9.17, 15) is 0 Å². The third-order valence-corrected chi connectivity index (χ3v) is 5.07. The third-order valence-electron chi connectivity index (χ3n) is 3.63. The summed E-state index contributed by atoms with van der Waals surface area (Å²) in [6.07, 6.45) is 1.27. The molecule has 0 spiro atoms. The maximum Gasteiger partial charge on any atom is 0.196 e. The maximum absolute atomic E-state index is 6.04. The monoisotopic (exact) mass is 281 g/mol. The van der Waals surface area contributed by atoms with E-state index < -0.39 is 0 Å². The van der Waals surface area contributed by atoms with Crippen molar-refractivity contribution in [2.75, 3.05) is 23.0 Å². The molecule has 2 heterocycles. The summed E-state index contributed by atoms with van der Waals surface area (Å²) in [5, 5.41) is 0.751. The van der Waals surface area contributed by atoms with E-state index in [-0.39, 0.29) is 0 Å². The van der Waals surface area contributed by atoms with Crippen LogP contribution >= 0.6 is 23.4 Å². The van der Waals surface area contributed by atoms with Gasteiger partial charge in [-0.3, -0.25) is 4.99 Å². The second kappa shape index (κ2) is 5.02. The summed E-state index contributed by atoms with van der Waals surface area (Å²) >= 11 is 7.97. The number of nitrogens with two attached hydrogens (primary N) is 1. The van der Waals surface area contributed by atoms with Crippen LogP contribution in [-0.4, -0.2) is 30.1 Å². The fourth-order valence-electron chi connectivity index (χ4n) is 2.66. The Balaban J connectivity index is 1.86. The van der Waals surface area contributed by atoms with Gasteiger partial charge in [0.2, 0.25) is 0 Å². The molecule has 3 rings (SSSR count). The van der Waals surface area contributed by atoms with E-state index in [0.29, 0.717) is 17.9 Å². The Morgan fingerprint density at radius 1 is 1.33 bits per heavy atom. The Morgan fingerprint density at radius 3 is 2.78 bits per heavy atom. The molecule has 2 N–H and O–H groups in total. The van der Waals surface area contributed by atoms with Crippen molar-refractivity contribution in [1.82, 2.24) is 0 Å². The van der Waals surface area contributed by atoms with Gasteiger partial charge in [0.25, 0.3) is 0 Å². The lowest BCUT2D eigenvalue weighted by molar-refractivity contribution is 0.486. The van der Waals surface area contributed by atoms with Crippen molar-refractivity contribution in [2.45, 2.75) is 12.5 Å². The number of nitrogens with zero attached hydrogens (tertiary/aromatic N) is 2. The highest BCUT2D eigenvalue weighted by molar-refractivity contribution is 7.99. The number of aliphatic imine (C=N–C) groups is 1. The van der Waals surface area contributed by atoms with Gasteiger partial charge in [0.1, 0.15) is 0 Å². The average molecular weight is 282 g/mol. The van der Waals surface area contributed by atoms with E-state index in [4.69, 9.17) is 17.3 Å². The molecule has 2 aliphatic rings. The van der Waals surface area contributed by atoms with Crippen LogP contribution in [0.2, 0.25) is 5.02 Å². The van der Waals surface area contributed by atoms with Gasteiger partial charge in [-0.05, 0) is 48.1 Å². The summed E-state index contributed by atoms with van der Waals surface area (Å²) < 4.78 is 0. The first-order valence-corrected chi connectivity index (χ1v) is 7.71. The quantitative estimate of drug-likeness (QED) is 0.906. The lowest BCUT2D eigenvalue weighted by Crippen LogP contribution is -2.44. The van der Waals surface area contributed by atoms with Crippen molar-refractivity contribution < 1.29 is 0 Å². The van der Waals surface area contributed by atoms with Gasteiger partial charge < -0.3 is 10.6 Å². The Hall–Kier alpha value is -0.870. The average Bonchev–Trinajstić information content (AvgIpc) is 2.99. The minimum atomic E-state index is 0.418. The smallest absolute Gasteiger partial charge is 0.196 e. The minimum Gasteiger partial charge on any atom is -0.370 e. The molecule has 0 amide bonds. The van der Waals surface area contributed by atoms with Crippen LogP contribution in [0.15, 0.2) is 29.3 Å². The molecular weight excluding hydrogens is 266 g/mol. The van der Waals surface area contributed by atoms with E-state index in [0.717, 1.165) is 17.3 Å². The van der Waals surface area contributed by atoms with Crippen molar-refractivity contribution in [3.05, 3.63) is 29.3 Å². The van der Waals surface area contributed by atoms with Crippen LogP contribution in [-0.2, 0) is 0 Å². The van der Waals surface area contributed by atoms with Gasteiger partial charge in [-0.25, -0.2) is 0 Å².